The lowest BCUT2D eigenvalue weighted by atomic mass is 10.1. The molecule has 7 heteroatoms. The number of aromatic amines is 1. The third-order valence-electron chi connectivity index (χ3n) is 3.76. The zero-order valence-corrected chi connectivity index (χ0v) is 13.7. The molecule has 3 aromatic rings. The highest BCUT2D eigenvalue weighted by Crippen LogP contribution is 2.13. The second-order valence-corrected chi connectivity index (χ2v) is 5.61. The summed E-state index contributed by atoms with van der Waals surface area (Å²) in [6.07, 6.45) is 1.47. The van der Waals surface area contributed by atoms with Crippen LogP contribution < -0.4 is 5.32 Å². The van der Waals surface area contributed by atoms with Gasteiger partial charge in [0.25, 0.3) is 0 Å². The fourth-order valence-corrected chi connectivity index (χ4v) is 2.51. The number of rotatable bonds is 6. The summed E-state index contributed by atoms with van der Waals surface area (Å²) >= 11 is 0. The Bertz CT molecular complexity index is 803. The molecule has 0 fully saturated rings. The van der Waals surface area contributed by atoms with Crippen molar-refractivity contribution in [2.45, 2.75) is 33.1 Å². The molecule has 0 saturated heterocycles. The molecule has 0 unspecified atom stereocenters. The molecular formula is C17H19N5O2. The molecule has 0 aliphatic heterocycles. The zero-order valence-electron chi connectivity index (χ0n) is 13.7. The Hall–Kier alpha value is -2.96. The van der Waals surface area contributed by atoms with Crippen LogP contribution in [0.25, 0.3) is 0 Å². The molecule has 0 radical (unpaired) electrons. The quantitative estimate of drug-likeness (QED) is 0.725. The molecule has 0 bridgehead atoms. The summed E-state index contributed by atoms with van der Waals surface area (Å²) in [5, 5.41) is 13.8. The minimum Gasteiger partial charge on any atom is -0.339 e. The van der Waals surface area contributed by atoms with Crippen molar-refractivity contribution in [1.29, 1.82) is 0 Å². The first kappa shape index (κ1) is 15.9. The Kier molecular flexibility index (Phi) is 4.69. The minimum atomic E-state index is -0.171. The summed E-state index contributed by atoms with van der Waals surface area (Å²) in [5.41, 5.74) is 3.94. The van der Waals surface area contributed by atoms with E-state index in [4.69, 9.17) is 4.52 Å². The number of para-hydroxylation sites is 1. The van der Waals surface area contributed by atoms with E-state index in [1.807, 2.05) is 44.2 Å². The molecule has 0 aliphatic rings. The van der Waals surface area contributed by atoms with E-state index in [9.17, 15) is 4.79 Å². The molecule has 2 heterocycles. The van der Waals surface area contributed by atoms with E-state index in [0.717, 1.165) is 29.1 Å². The van der Waals surface area contributed by atoms with E-state index in [0.29, 0.717) is 18.1 Å². The van der Waals surface area contributed by atoms with Gasteiger partial charge in [-0.1, -0.05) is 23.4 Å². The third-order valence-corrected chi connectivity index (χ3v) is 3.76. The van der Waals surface area contributed by atoms with Gasteiger partial charge in [0, 0.05) is 17.8 Å². The predicted molar refractivity (Wildman–Crippen MR) is 88.5 cm³/mol. The van der Waals surface area contributed by atoms with Crippen molar-refractivity contribution in [3.63, 3.8) is 0 Å². The van der Waals surface area contributed by atoms with E-state index in [-0.39, 0.29) is 12.3 Å². The van der Waals surface area contributed by atoms with Crippen LogP contribution in [0, 0.1) is 13.8 Å². The van der Waals surface area contributed by atoms with Crippen molar-refractivity contribution in [1.82, 2.24) is 20.3 Å². The minimum absolute atomic E-state index is 0.0855. The van der Waals surface area contributed by atoms with Gasteiger partial charge in [-0.2, -0.15) is 10.1 Å². The second-order valence-electron chi connectivity index (χ2n) is 5.61. The first-order valence-electron chi connectivity index (χ1n) is 7.78. The Morgan fingerprint density at radius 1 is 1.21 bits per heavy atom. The molecule has 24 heavy (non-hydrogen) atoms. The number of hydrogen-bond donors (Lipinski definition) is 2. The van der Waals surface area contributed by atoms with Crippen molar-refractivity contribution in [2.75, 3.05) is 5.32 Å². The molecule has 0 atom stereocenters. The highest BCUT2D eigenvalue weighted by atomic mass is 16.5. The maximum atomic E-state index is 12.0. The molecular weight excluding hydrogens is 306 g/mol. The van der Waals surface area contributed by atoms with Crippen LogP contribution in [0.2, 0.25) is 0 Å². The van der Waals surface area contributed by atoms with Crippen LogP contribution in [0.15, 0.2) is 34.9 Å². The number of anilines is 1. The van der Waals surface area contributed by atoms with Crippen LogP contribution in [-0.4, -0.2) is 26.2 Å². The fourth-order valence-electron chi connectivity index (χ4n) is 2.51. The van der Waals surface area contributed by atoms with Crippen molar-refractivity contribution in [3.05, 3.63) is 59.0 Å². The van der Waals surface area contributed by atoms with Crippen LogP contribution in [-0.2, 0) is 24.1 Å². The van der Waals surface area contributed by atoms with Gasteiger partial charge in [0.2, 0.25) is 11.8 Å². The smallest absolute Gasteiger partial charge is 0.232 e. The lowest BCUT2D eigenvalue weighted by Gasteiger charge is -2.02. The van der Waals surface area contributed by atoms with Crippen LogP contribution in [0.3, 0.4) is 0 Å². The normalized spacial score (nSPS) is 10.8. The van der Waals surface area contributed by atoms with Gasteiger partial charge in [0.05, 0.1) is 12.1 Å². The van der Waals surface area contributed by atoms with Crippen molar-refractivity contribution in [2.24, 2.45) is 0 Å². The van der Waals surface area contributed by atoms with Crippen LogP contribution in [0.1, 0.15) is 28.7 Å². The van der Waals surface area contributed by atoms with Crippen molar-refractivity contribution < 1.29 is 9.32 Å². The van der Waals surface area contributed by atoms with Gasteiger partial charge in [-0.15, -0.1) is 0 Å². The Morgan fingerprint density at radius 2 is 2.00 bits per heavy atom. The first-order valence-corrected chi connectivity index (χ1v) is 7.78. The highest BCUT2D eigenvalue weighted by molar-refractivity contribution is 5.91. The number of nitrogens with one attached hydrogen (secondary N) is 2. The van der Waals surface area contributed by atoms with Crippen LogP contribution in [0.4, 0.5) is 5.69 Å². The van der Waals surface area contributed by atoms with Gasteiger partial charge in [0.15, 0.2) is 5.82 Å². The lowest BCUT2D eigenvalue weighted by molar-refractivity contribution is -0.115. The number of benzene rings is 1. The predicted octanol–water partition coefficient (Wildman–Crippen LogP) is 2.38. The van der Waals surface area contributed by atoms with Gasteiger partial charge in [0.1, 0.15) is 0 Å². The molecule has 1 amide bonds. The first-order chi connectivity index (χ1) is 11.6. The molecule has 0 spiro atoms. The largest absolute Gasteiger partial charge is 0.339 e. The van der Waals surface area contributed by atoms with Gasteiger partial charge >= 0.3 is 0 Å². The Morgan fingerprint density at radius 3 is 2.71 bits per heavy atom. The molecule has 124 valence electrons. The molecule has 2 N–H and O–H groups in total. The summed E-state index contributed by atoms with van der Waals surface area (Å²) in [6.45, 7) is 3.95. The average molecular weight is 325 g/mol. The monoisotopic (exact) mass is 325 g/mol. The molecule has 2 aromatic heterocycles. The number of aromatic nitrogens is 4. The van der Waals surface area contributed by atoms with E-state index in [1.165, 1.54) is 0 Å². The number of carbonyl (C=O) groups excluding carboxylic acids is 1. The van der Waals surface area contributed by atoms with E-state index in [2.05, 4.69) is 25.7 Å². The second kappa shape index (κ2) is 7.08. The van der Waals surface area contributed by atoms with E-state index >= 15 is 0 Å². The number of hydrogen-bond acceptors (Lipinski definition) is 5. The molecule has 1 aromatic carbocycles. The number of amides is 1. The number of carbonyl (C=O) groups is 1. The maximum absolute atomic E-state index is 12.0. The van der Waals surface area contributed by atoms with Crippen molar-refractivity contribution >= 4 is 11.6 Å². The maximum Gasteiger partial charge on any atom is 0.232 e. The van der Waals surface area contributed by atoms with Gasteiger partial charge in [-0.05, 0) is 38.0 Å². The molecule has 7 nitrogen and oxygen atoms in total. The number of H-pyrrole nitrogens is 1. The zero-order chi connectivity index (χ0) is 16.9. The van der Waals surface area contributed by atoms with Crippen LogP contribution >= 0.6 is 0 Å². The molecule has 0 saturated carbocycles. The van der Waals surface area contributed by atoms with Crippen molar-refractivity contribution in [3.8, 4) is 0 Å². The topological polar surface area (TPSA) is 96.7 Å². The lowest BCUT2D eigenvalue weighted by Crippen LogP contribution is -2.15. The Balaban J connectivity index is 1.54. The van der Waals surface area contributed by atoms with Gasteiger partial charge in [-0.25, -0.2) is 0 Å². The number of aryl methyl sites for hydroxylation is 3. The van der Waals surface area contributed by atoms with E-state index < -0.39 is 0 Å². The summed E-state index contributed by atoms with van der Waals surface area (Å²) in [6, 6.07) is 9.28. The standard InChI is InChI=1S/C17H19N5O2/c1-11-14(12(2)21-20-11)8-9-17-19-15(22-24-17)10-16(23)18-13-6-4-3-5-7-13/h3-7H,8-10H2,1-2H3,(H,18,23)(H,20,21). The summed E-state index contributed by atoms with van der Waals surface area (Å²) in [4.78, 5) is 16.3. The third kappa shape index (κ3) is 3.87. The Labute approximate surface area is 139 Å². The SMILES string of the molecule is Cc1n[nH]c(C)c1CCc1nc(CC(=O)Nc2ccccc2)no1. The van der Waals surface area contributed by atoms with Crippen LogP contribution in [0.5, 0.6) is 0 Å². The molecule has 3 rings (SSSR count). The summed E-state index contributed by atoms with van der Waals surface area (Å²) in [5.74, 6) is 0.742. The number of nitrogens with zero attached hydrogens (tertiary/aromatic N) is 3. The summed E-state index contributed by atoms with van der Waals surface area (Å²) in [7, 11) is 0. The van der Waals surface area contributed by atoms with Gasteiger partial charge < -0.3 is 9.84 Å². The summed E-state index contributed by atoms with van der Waals surface area (Å²) < 4.78 is 5.22. The van der Waals surface area contributed by atoms with Gasteiger partial charge in [-0.3, -0.25) is 9.89 Å². The molecule has 0 aliphatic carbocycles. The van der Waals surface area contributed by atoms with E-state index in [1.54, 1.807) is 0 Å². The average Bonchev–Trinajstić information content (AvgIpc) is 3.13. The fraction of sp³-hybridized carbons (Fsp3) is 0.294. The highest BCUT2D eigenvalue weighted by Gasteiger charge is 2.13.